The molecule has 0 spiro atoms. The first-order chi connectivity index (χ1) is 14.8. The Kier molecular flexibility index (Phi) is 6.29. The van der Waals surface area contributed by atoms with Crippen LogP contribution in [0.4, 0.5) is 11.5 Å². The summed E-state index contributed by atoms with van der Waals surface area (Å²) in [5.41, 5.74) is 9.33. The number of hydrogen-bond acceptors (Lipinski definition) is 6. The summed E-state index contributed by atoms with van der Waals surface area (Å²) in [4.78, 5) is 17.3. The highest BCUT2D eigenvalue weighted by Crippen LogP contribution is 2.40. The Morgan fingerprint density at radius 2 is 1.65 bits per heavy atom. The third-order valence-electron chi connectivity index (χ3n) is 4.69. The molecule has 7 heteroatoms. The van der Waals surface area contributed by atoms with E-state index in [4.69, 9.17) is 5.73 Å². The molecule has 0 bridgehead atoms. The minimum Gasteiger partial charge on any atom is -0.383 e. The van der Waals surface area contributed by atoms with Gasteiger partial charge in [0.15, 0.2) is 0 Å². The molecule has 0 saturated carbocycles. The highest BCUT2D eigenvalue weighted by molar-refractivity contribution is 8.01. The van der Waals surface area contributed by atoms with Crippen LogP contribution < -0.4 is 11.1 Å². The molecule has 3 aromatic rings. The molecule has 31 heavy (non-hydrogen) atoms. The zero-order valence-electron chi connectivity index (χ0n) is 17.4. The van der Waals surface area contributed by atoms with Crippen molar-refractivity contribution in [3.05, 3.63) is 71.3 Å². The Hall–Kier alpha value is -3.81. The fourth-order valence-electron chi connectivity index (χ4n) is 2.97. The van der Waals surface area contributed by atoms with Gasteiger partial charge in [-0.05, 0) is 38.5 Å². The molecule has 154 valence electrons. The maximum Gasteiger partial charge on any atom is 0.240 e. The van der Waals surface area contributed by atoms with Crippen molar-refractivity contribution < 1.29 is 4.79 Å². The SMILES string of the molecule is Cc1ccc(NC(=O)C(C)(C)Sc2nc(N)c(C#N)c(-c3ccccc3)c2C#N)cc1. The molecular weight excluding hydrogens is 406 g/mol. The van der Waals surface area contributed by atoms with Crippen LogP contribution in [0.15, 0.2) is 59.6 Å². The summed E-state index contributed by atoms with van der Waals surface area (Å²) in [5.74, 6) is -0.214. The number of anilines is 2. The lowest BCUT2D eigenvalue weighted by Gasteiger charge is -2.24. The number of nitriles is 2. The van der Waals surface area contributed by atoms with Crippen LogP contribution in [-0.4, -0.2) is 15.6 Å². The summed E-state index contributed by atoms with van der Waals surface area (Å²) in [7, 11) is 0. The van der Waals surface area contributed by atoms with Crippen LogP contribution in [-0.2, 0) is 4.79 Å². The van der Waals surface area contributed by atoms with E-state index in [0.717, 1.165) is 17.3 Å². The summed E-state index contributed by atoms with van der Waals surface area (Å²) in [5, 5.41) is 22.7. The van der Waals surface area contributed by atoms with Gasteiger partial charge >= 0.3 is 0 Å². The number of aryl methyl sites for hydroxylation is 1. The van der Waals surface area contributed by atoms with Gasteiger partial charge in [-0.1, -0.05) is 59.8 Å². The predicted molar refractivity (Wildman–Crippen MR) is 123 cm³/mol. The van der Waals surface area contributed by atoms with E-state index in [-0.39, 0.29) is 22.9 Å². The maximum atomic E-state index is 13.0. The molecule has 0 atom stereocenters. The number of nitrogens with one attached hydrogen (secondary N) is 1. The normalized spacial score (nSPS) is 10.7. The number of rotatable bonds is 5. The van der Waals surface area contributed by atoms with Crippen molar-refractivity contribution in [2.24, 2.45) is 0 Å². The fraction of sp³-hybridized carbons (Fsp3) is 0.167. The van der Waals surface area contributed by atoms with Crippen LogP contribution in [0, 0.1) is 29.6 Å². The molecule has 6 nitrogen and oxygen atoms in total. The summed E-state index contributed by atoms with van der Waals surface area (Å²) in [6, 6.07) is 20.8. The number of nitrogen functional groups attached to an aromatic ring is 1. The number of pyridine rings is 1. The number of nitrogens with zero attached hydrogens (tertiary/aromatic N) is 3. The Morgan fingerprint density at radius 3 is 2.23 bits per heavy atom. The van der Waals surface area contributed by atoms with Gasteiger partial charge in [0.2, 0.25) is 5.91 Å². The van der Waals surface area contributed by atoms with Gasteiger partial charge in [-0.25, -0.2) is 4.98 Å². The molecule has 3 rings (SSSR count). The first-order valence-corrected chi connectivity index (χ1v) is 10.3. The molecule has 0 saturated heterocycles. The van der Waals surface area contributed by atoms with E-state index < -0.39 is 4.75 Å². The first kappa shape index (κ1) is 21.9. The summed E-state index contributed by atoms with van der Waals surface area (Å²) >= 11 is 1.13. The lowest BCUT2D eigenvalue weighted by atomic mass is 9.97. The maximum absolute atomic E-state index is 13.0. The molecule has 3 N–H and O–H groups in total. The first-order valence-electron chi connectivity index (χ1n) is 9.53. The van der Waals surface area contributed by atoms with Gasteiger partial charge < -0.3 is 11.1 Å². The van der Waals surface area contributed by atoms with Crippen molar-refractivity contribution in [3.8, 4) is 23.3 Å². The van der Waals surface area contributed by atoms with Crippen LogP contribution in [0.3, 0.4) is 0 Å². The molecule has 0 unspecified atom stereocenters. The Balaban J connectivity index is 2.01. The van der Waals surface area contributed by atoms with E-state index in [1.807, 2.05) is 49.4 Å². The second-order valence-electron chi connectivity index (χ2n) is 7.45. The van der Waals surface area contributed by atoms with Crippen molar-refractivity contribution >= 4 is 29.2 Å². The highest BCUT2D eigenvalue weighted by Gasteiger charge is 2.32. The summed E-state index contributed by atoms with van der Waals surface area (Å²) in [6.07, 6.45) is 0. The molecule has 0 aliphatic rings. The van der Waals surface area contributed by atoms with E-state index >= 15 is 0 Å². The van der Waals surface area contributed by atoms with Crippen LogP contribution >= 0.6 is 11.8 Å². The third kappa shape index (κ3) is 4.69. The van der Waals surface area contributed by atoms with Crippen molar-refractivity contribution in [3.63, 3.8) is 0 Å². The molecule has 0 aliphatic heterocycles. The molecule has 1 amide bonds. The van der Waals surface area contributed by atoms with Gasteiger partial charge in [0, 0.05) is 11.3 Å². The third-order valence-corrected chi connectivity index (χ3v) is 5.87. The minimum atomic E-state index is -0.960. The largest absolute Gasteiger partial charge is 0.383 e. The van der Waals surface area contributed by atoms with Gasteiger partial charge in [0.05, 0.1) is 10.3 Å². The molecule has 2 aromatic carbocycles. The molecule has 1 aromatic heterocycles. The quantitative estimate of drug-likeness (QED) is 0.560. The molecule has 0 aliphatic carbocycles. The van der Waals surface area contributed by atoms with Crippen molar-refractivity contribution in [2.75, 3.05) is 11.1 Å². The Bertz CT molecular complexity index is 1210. The fourth-order valence-corrected chi connectivity index (χ4v) is 3.99. The molecule has 0 radical (unpaired) electrons. The lowest BCUT2D eigenvalue weighted by Crippen LogP contribution is -2.34. The molecular formula is C24H21N5OS. The number of thioether (sulfide) groups is 1. The number of amides is 1. The molecule has 1 heterocycles. The van der Waals surface area contributed by atoms with Crippen LogP contribution in [0.2, 0.25) is 0 Å². The second kappa shape index (κ2) is 8.91. The average Bonchev–Trinajstić information content (AvgIpc) is 2.75. The van der Waals surface area contributed by atoms with Crippen LogP contribution in [0.25, 0.3) is 11.1 Å². The van der Waals surface area contributed by atoms with E-state index in [1.54, 1.807) is 26.0 Å². The Labute approximate surface area is 185 Å². The van der Waals surface area contributed by atoms with Gasteiger partial charge in [0.1, 0.15) is 28.5 Å². The highest BCUT2D eigenvalue weighted by atomic mass is 32.2. The van der Waals surface area contributed by atoms with Crippen molar-refractivity contribution in [2.45, 2.75) is 30.5 Å². The topological polar surface area (TPSA) is 116 Å². The summed E-state index contributed by atoms with van der Waals surface area (Å²) in [6.45, 7) is 5.47. The van der Waals surface area contributed by atoms with Gasteiger partial charge in [-0.15, -0.1) is 0 Å². The number of hydrogen-bond donors (Lipinski definition) is 2. The monoisotopic (exact) mass is 427 g/mol. The number of nitrogens with two attached hydrogens (primary N) is 1. The predicted octanol–water partition coefficient (Wildman–Crippen LogP) is 4.89. The average molecular weight is 428 g/mol. The zero-order chi connectivity index (χ0) is 22.6. The number of aromatic nitrogens is 1. The van der Waals surface area contributed by atoms with Gasteiger partial charge in [-0.2, -0.15) is 10.5 Å². The van der Waals surface area contributed by atoms with E-state index in [1.165, 1.54) is 0 Å². The van der Waals surface area contributed by atoms with E-state index in [0.29, 0.717) is 21.8 Å². The van der Waals surface area contributed by atoms with Crippen molar-refractivity contribution in [1.29, 1.82) is 10.5 Å². The van der Waals surface area contributed by atoms with Crippen molar-refractivity contribution in [1.82, 2.24) is 4.98 Å². The smallest absolute Gasteiger partial charge is 0.240 e. The summed E-state index contributed by atoms with van der Waals surface area (Å²) < 4.78 is -0.960. The minimum absolute atomic E-state index is 0.0256. The molecule has 0 fully saturated rings. The van der Waals surface area contributed by atoms with Gasteiger partial charge in [0.25, 0.3) is 0 Å². The van der Waals surface area contributed by atoms with E-state index in [9.17, 15) is 15.3 Å². The lowest BCUT2D eigenvalue weighted by molar-refractivity contribution is -0.117. The zero-order valence-corrected chi connectivity index (χ0v) is 18.2. The van der Waals surface area contributed by atoms with Gasteiger partial charge in [-0.3, -0.25) is 4.79 Å². The second-order valence-corrected chi connectivity index (χ2v) is 9.06. The standard InChI is InChI=1S/C24H21N5OS/c1-15-9-11-17(12-10-15)28-23(30)24(2,3)31-22-19(14-26)20(16-7-5-4-6-8-16)18(13-25)21(27)29-22/h4-12H,1-3H3,(H2,27,29)(H,28,30). The van der Waals surface area contributed by atoms with Crippen LogP contribution in [0.1, 0.15) is 30.5 Å². The number of carbonyl (C=O) groups excluding carboxylic acids is 1. The van der Waals surface area contributed by atoms with Crippen LogP contribution in [0.5, 0.6) is 0 Å². The number of benzene rings is 2. The Morgan fingerprint density at radius 1 is 1.03 bits per heavy atom. The number of carbonyl (C=O) groups is 1. The van der Waals surface area contributed by atoms with E-state index in [2.05, 4.69) is 22.4 Å².